The van der Waals surface area contributed by atoms with E-state index in [9.17, 15) is 13.2 Å². The summed E-state index contributed by atoms with van der Waals surface area (Å²) in [5.74, 6) is 0.113. The molecule has 164 valence electrons. The van der Waals surface area contributed by atoms with Crippen LogP contribution in [0, 0.1) is 0 Å². The van der Waals surface area contributed by atoms with E-state index in [0.29, 0.717) is 17.9 Å². The monoisotopic (exact) mass is 452 g/mol. The van der Waals surface area contributed by atoms with Gasteiger partial charge in [0.2, 0.25) is 15.9 Å². The van der Waals surface area contributed by atoms with Gasteiger partial charge in [-0.3, -0.25) is 4.79 Å². The molecule has 4 rings (SSSR count). The second kappa shape index (κ2) is 9.54. The van der Waals surface area contributed by atoms with Gasteiger partial charge in [-0.25, -0.2) is 17.8 Å². The van der Waals surface area contributed by atoms with Gasteiger partial charge in [-0.1, -0.05) is 36.4 Å². The topological polar surface area (TPSA) is 132 Å². The van der Waals surface area contributed by atoms with E-state index in [2.05, 4.69) is 25.6 Å². The average molecular weight is 452 g/mol. The fourth-order valence-electron chi connectivity index (χ4n) is 3.08. The maximum absolute atomic E-state index is 13.1. The van der Waals surface area contributed by atoms with Gasteiger partial charge < -0.3 is 9.73 Å². The number of nitrogens with one attached hydrogen (secondary N) is 2. The molecule has 0 saturated heterocycles. The molecule has 2 aromatic carbocycles. The van der Waals surface area contributed by atoms with Gasteiger partial charge >= 0.3 is 0 Å². The van der Waals surface area contributed by atoms with Crippen LogP contribution in [0.2, 0.25) is 0 Å². The van der Waals surface area contributed by atoms with Crippen LogP contribution in [0.1, 0.15) is 17.4 Å². The van der Waals surface area contributed by atoms with Crippen molar-refractivity contribution in [1.29, 1.82) is 0 Å². The van der Waals surface area contributed by atoms with Crippen molar-refractivity contribution in [2.45, 2.75) is 23.9 Å². The lowest BCUT2D eigenvalue weighted by atomic mass is 10.1. The number of carbonyl (C=O) groups is 1. The number of sulfonamides is 1. The number of amides is 1. The molecule has 0 aliphatic heterocycles. The van der Waals surface area contributed by atoms with Crippen molar-refractivity contribution in [3.63, 3.8) is 0 Å². The minimum Gasteiger partial charge on any atom is -0.468 e. The van der Waals surface area contributed by atoms with Crippen LogP contribution in [0.3, 0.4) is 0 Å². The summed E-state index contributed by atoms with van der Waals surface area (Å²) in [6.07, 6.45) is 3.20. The SMILES string of the molecule is O=C(Nc1cccc(S(=O)(=O)NCc2ccco2)c1)C(Cc1ccccc1)n1cnnn1. The van der Waals surface area contributed by atoms with E-state index in [1.54, 1.807) is 24.3 Å². The average Bonchev–Trinajstić information content (AvgIpc) is 3.51. The predicted molar refractivity (Wildman–Crippen MR) is 115 cm³/mol. The molecular formula is C21H20N6O4S. The molecular weight excluding hydrogens is 432 g/mol. The van der Waals surface area contributed by atoms with Crippen LogP contribution >= 0.6 is 0 Å². The van der Waals surface area contributed by atoms with E-state index < -0.39 is 16.1 Å². The number of hydrogen-bond acceptors (Lipinski definition) is 7. The first-order chi connectivity index (χ1) is 15.5. The van der Waals surface area contributed by atoms with Crippen LogP contribution in [0.25, 0.3) is 0 Å². The van der Waals surface area contributed by atoms with Crippen LogP contribution in [0.5, 0.6) is 0 Å². The Kier molecular flexibility index (Phi) is 6.38. The quantitative estimate of drug-likeness (QED) is 0.398. The lowest BCUT2D eigenvalue weighted by Gasteiger charge is -2.17. The minimum absolute atomic E-state index is 0.0175. The number of anilines is 1. The molecule has 1 amide bonds. The molecule has 0 radical (unpaired) electrons. The number of nitrogens with zero attached hydrogens (tertiary/aromatic N) is 4. The first-order valence-corrected chi connectivity index (χ1v) is 11.2. The molecule has 32 heavy (non-hydrogen) atoms. The Labute approximate surface area is 184 Å². The highest BCUT2D eigenvalue weighted by Gasteiger charge is 2.23. The Morgan fingerprint density at radius 2 is 1.91 bits per heavy atom. The molecule has 2 aromatic heterocycles. The summed E-state index contributed by atoms with van der Waals surface area (Å²) in [6.45, 7) is 0.0182. The molecule has 1 atom stereocenters. The first-order valence-electron chi connectivity index (χ1n) is 9.71. The standard InChI is InChI=1S/C21H20N6O4S/c28-21(20(27-15-22-25-26-27)12-16-6-2-1-3-7-16)24-17-8-4-10-19(13-17)32(29,30)23-14-18-9-5-11-31-18/h1-11,13,15,20,23H,12,14H2,(H,24,28). The number of rotatable bonds is 9. The van der Waals surface area contributed by atoms with Crippen molar-refractivity contribution >= 4 is 21.6 Å². The van der Waals surface area contributed by atoms with E-state index in [0.717, 1.165) is 5.56 Å². The molecule has 0 saturated carbocycles. The Bertz CT molecular complexity index is 1260. The Balaban J connectivity index is 1.50. The second-order valence-corrected chi connectivity index (χ2v) is 8.68. The summed E-state index contributed by atoms with van der Waals surface area (Å²) in [5, 5.41) is 13.9. The molecule has 11 heteroatoms. The third-order valence-electron chi connectivity index (χ3n) is 4.69. The molecule has 1 unspecified atom stereocenters. The maximum atomic E-state index is 13.1. The van der Waals surface area contributed by atoms with Gasteiger partial charge in [-0.15, -0.1) is 5.10 Å². The van der Waals surface area contributed by atoms with E-state index in [1.165, 1.54) is 29.4 Å². The van der Waals surface area contributed by atoms with Crippen molar-refractivity contribution in [3.8, 4) is 0 Å². The summed E-state index contributed by atoms with van der Waals surface area (Å²) in [7, 11) is -3.81. The minimum atomic E-state index is -3.81. The van der Waals surface area contributed by atoms with E-state index in [4.69, 9.17) is 4.42 Å². The second-order valence-electron chi connectivity index (χ2n) is 6.92. The van der Waals surface area contributed by atoms with Gasteiger partial charge in [0.15, 0.2) is 0 Å². The molecule has 0 bridgehead atoms. The van der Waals surface area contributed by atoms with Gasteiger partial charge in [0, 0.05) is 12.1 Å². The molecule has 0 aliphatic rings. The van der Waals surface area contributed by atoms with Crippen molar-refractivity contribution in [2.75, 3.05) is 5.32 Å². The molecule has 0 aliphatic carbocycles. The zero-order valence-corrected chi connectivity index (χ0v) is 17.6. The number of tetrazole rings is 1. The largest absolute Gasteiger partial charge is 0.468 e. The van der Waals surface area contributed by atoms with E-state index >= 15 is 0 Å². The zero-order chi connectivity index (χ0) is 22.4. The lowest BCUT2D eigenvalue weighted by molar-refractivity contribution is -0.119. The van der Waals surface area contributed by atoms with Crippen LogP contribution in [-0.4, -0.2) is 34.5 Å². The van der Waals surface area contributed by atoms with Crippen molar-refractivity contribution in [3.05, 3.63) is 90.6 Å². The molecule has 10 nitrogen and oxygen atoms in total. The smallest absolute Gasteiger partial charge is 0.249 e. The number of hydrogen-bond donors (Lipinski definition) is 2. The highest BCUT2D eigenvalue weighted by Crippen LogP contribution is 2.19. The predicted octanol–water partition coefficient (Wildman–Crippen LogP) is 2.17. The number of carbonyl (C=O) groups excluding carboxylic acids is 1. The fraction of sp³-hybridized carbons (Fsp3) is 0.143. The van der Waals surface area contributed by atoms with E-state index in [1.807, 2.05) is 30.3 Å². The Morgan fingerprint density at radius 3 is 2.62 bits per heavy atom. The van der Waals surface area contributed by atoms with E-state index in [-0.39, 0.29) is 17.3 Å². The van der Waals surface area contributed by atoms with Crippen LogP contribution in [-0.2, 0) is 27.8 Å². The molecule has 4 aromatic rings. The van der Waals surface area contributed by atoms with Gasteiger partial charge in [0.25, 0.3) is 0 Å². The highest BCUT2D eigenvalue weighted by atomic mass is 32.2. The number of aromatic nitrogens is 4. The maximum Gasteiger partial charge on any atom is 0.249 e. The van der Waals surface area contributed by atoms with Gasteiger partial charge in [0.1, 0.15) is 18.1 Å². The number of benzene rings is 2. The van der Waals surface area contributed by atoms with Gasteiger partial charge in [0.05, 0.1) is 17.7 Å². The highest BCUT2D eigenvalue weighted by molar-refractivity contribution is 7.89. The van der Waals surface area contributed by atoms with Crippen molar-refractivity contribution in [2.24, 2.45) is 0 Å². The van der Waals surface area contributed by atoms with Gasteiger partial charge in [-0.2, -0.15) is 0 Å². The molecule has 0 fully saturated rings. The van der Waals surface area contributed by atoms with Crippen molar-refractivity contribution < 1.29 is 17.6 Å². The fourth-order valence-corrected chi connectivity index (χ4v) is 4.12. The zero-order valence-electron chi connectivity index (χ0n) is 16.8. The summed E-state index contributed by atoms with van der Waals surface area (Å²) < 4.78 is 34.3. The third-order valence-corrected chi connectivity index (χ3v) is 6.09. The van der Waals surface area contributed by atoms with Crippen LogP contribution in [0.4, 0.5) is 5.69 Å². The van der Waals surface area contributed by atoms with Crippen LogP contribution in [0.15, 0.2) is 88.6 Å². The lowest BCUT2D eigenvalue weighted by Crippen LogP contribution is -2.28. The van der Waals surface area contributed by atoms with Crippen molar-refractivity contribution in [1.82, 2.24) is 24.9 Å². The number of furan rings is 1. The van der Waals surface area contributed by atoms with Gasteiger partial charge in [-0.05, 0) is 46.3 Å². The molecule has 2 N–H and O–H groups in total. The molecule has 0 spiro atoms. The summed E-state index contributed by atoms with van der Waals surface area (Å²) in [6, 6.07) is 18.1. The first kappa shape index (κ1) is 21.4. The Hall–Kier alpha value is -3.83. The molecule has 2 heterocycles. The summed E-state index contributed by atoms with van der Waals surface area (Å²) >= 11 is 0. The Morgan fingerprint density at radius 1 is 1.06 bits per heavy atom. The summed E-state index contributed by atoms with van der Waals surface area (Å²) in [4.78, 5) is 13.1. The van der Waals surface area contributed by atoms with Crippen LogP contribution < -0.4 is 10.0 Å². The summed E-state index contributed by atoms with van der Waals surface area (Å²) in [5.41, 5.74) is 1.27. The third kappa shape index (κ3) is 5.25. The normalized spacial score (nSPS) is 12.4.